The number of carbonyl (C=O) groups is 3. The summed E-state index contributed by atoms with van der Waals surface area (Å²) in [5, 5.41) is 0.666. The van der Waals surface area contributed by atoms with Gasteiger partial charge in [-0.25, -0.2) is 14.2 Å². The lowest BCUT2D eigenvalue weighted by molar-refractivity contribution is -0.143. The number of ether oxygens (including phenoxy) is 1. The molecule has 0 spiro atoms. The highest BCUT2D eigenvalue weighted by molar-refractivity contribution is 6.07. The van der Waals surface area contributed by atoms with E-state index in [1.807, 2.05) is 30.3 Å². The van der Waals surface area contributed by atoms with Gasteiger partial charge < -0.3 is 4.74 Å². The number of fused-ring (bicyclic) bond motifs is 2. The number of rotatable bonds is 4. The van der Waals surface area contributed by atoms with Gasteiger partial charge in [0.05, 0.1) is 16.8 Å². The fraction of sp³-hybridized carbons (Fsp3) is 0.259. The van der Waals surface area contributed by atoms with Crippen molar-refractivity contribution in [2.75, 3.05) is 13.2 Å². The molecule has 1 aliphatic heterocycles. The van der Waals surface area contributed by atoms with Crippen molar-refractivity contribution in [1.29, 1.82) is 0 Å². The lowest BCUT2D eigenvalue weighted by atomic mass is 9.86. The van der Waals surface area contributed by atoms with Crippen LogP contribution in [0.3, 0.4) is 0 Å². The molecule has 5 rings (SSSR count). The average Bonchev–Trinajstić information content (AvgIpc) is 3.28. The predicted molar refractivity (Wildman–Crippen MR) is 125 cm³/mol. The average molecular weight is 458 g/mol. The number of hydrogen-bond acceptors (Lipinski definition) is 5. The highest BCUT2D eigenvalue weighted by atomic mass is 19.1. The van der Waals surface area contributed by atoms with Gasteiger partial charge >= 0.3 is 5.97 Å². The maximum absolute atomic E-state index is 13.3. The van der Waals surface area contributed by atoms with Crippen molar-refractivity contribution < 1.29 is 23.5 Å². The summed E-state index contributed by atoms with van der Waals surface area (Å²) in [6.45, 7) is -0.116. The molecule has 0 N–H and O–H groups in total. The summed E-state index contributed by atoms with van der Waals surface area (Å²) in [6, 6.07) is 13.6. The van der Waals surface area contributed by atoms with Crippen molar-refractivity contribution in [1.82, 2.24) is 9.88 Å². The normalized spacial score (nSPS) is 16.7. The van der Waals surface area contributed by atoms with E-state index in [1.165, 1.54) is 12.1 Å². The third kappa shape index (κ3) is 4.21. The molecule has 1 aliphatic carbocycles. The molecule has 0 saturated carbocycles. The zero-order valence-corrected chi connectivity index (χ0v) is 18.6. The van der Waals surface area contributed by atoms with Crippen LogP contribution in [0.2, 0.25) is 0 Å². The van der Waals surface area contributed by atoms with Crippen molar-refractivity contribution >= 4 is 40.3 Å². The lowest BCUT2D eigenvalue weighted by Crippen LogP contribution is -2.35. The maximum Gasteiger partial charge on any atom is 0.339 e. The molecule has 0 atom stereocenters. The largest absolute Gasteiger partial charge is 0.452 e. The van der Waals surface area contributed by atoms with Crippen LogP contribution in [0.15, 0.2) is 48.5 Å². The molecule has 7 heteroatoms. The molecule has 34 heavy (non-hydrogen) atoms. The van der Waals surface area contributed by atoms with E-state index >= 15 is 0 Å². The van der Waals surface area contributed by atoms with Gasteiger partial charge in [0, 0.05) is 18.4 Å². The van der Waals surface area contributed by atoms with Gasteiger partial charge in [-0.1, -0.05) is 30.3 Å². The molecule has 0 bridgehead atoms. The predicted octanol–water partition coefficient (Wildman–Crippen LogP) is 4.56. The van der Waals surface area contributed by atoms with Gasteiger partial charge in [0.15, 0.2) is 6.61 Å². The standard InChI is InChI=1S/C27H23FN2O4/c28-19-12-10-17(11-13-19)15-18-5-3-7-21-25(20-6-1-2-8-22(20)29-26(18)21)27(33)34-16-24(32)30-14-4-9-23(30)31/h1-2,6,8,10-13,15H,3-5,7,9,14,16H2. The Morgan fingerprint density at radius 3 is 2.59 bits per heavy atom. The Balaban J connectivity index is 1.51. The molecule has 1 saturated heterocycles. The van der Waals surface area contributed by atoms with Crippen LogP contribution in [0, 0.1) is 5.82 Å². The number of pyridine rings is 1. The lowest BCUT2D eigenvalue weighted by Gasteiger charge is -2.22. The van der Waals surface area contributed by atoms with Crippen molar-refractivity contribution in [2.45, 2.75) is 32.1 Å². The second kappa shape index (κ2) is 9.17. The zero-order chi connectivity index (χ0) is 23.7. The van der Waals surface area contributed by atoms with Crippen LogP contribution in [0.25, 0.3) is 22.6 Å². The summed E-state index contributed by atoms with van der Waals surface area (Å²) in [6.07, 6.45) is 5.19. The summed E-state index contributed by atoms with van der Waals surface area (Å²) in [7, 11) is 0. The number of hydrogen-bond donors (Lipinski definition) is 0. The Labute approximate surface area is 196 Å². The number of halogens is 1. The minimum Gasteiger partial charge on any atom is -0.452 e. The number of imide groups is 1. The molecule has 2 amide bonds. The fourth-order valence-corrected chi connectivity index (χ4v) is 4.66. The molecule has 2 aliphatic rings. The molecule has 2 aromatic carbocycles. The van der Waals surface area contributed by atoms with Crippen LogP contribution < -0.4 is 0 Å². The van der Waals surface area contributed by atoms with Gasteiger partial charge in [0.1, 0.15) is 5.82 Å². The van der Waals surface area contributed by atoms with Crippen LogP contribution in [0.4, 0.5) is 4.39 Å². The zero-order valence-electron chi connectivity index (χ0n) is 18.6. The first-order valence-electron chi connectivity index (χ1n) is 11.4. The van der Waals surface area contributed by atoms with E-state index in [0.29, 0.717) is 42.3 Å². The molecule has 6 nitrogen and oxygen atoms in total. The van der Waals surface area contributed by atoms with Gasteiger partial charge in [-0.3, -0.25) is 14.5 Å². The topological polar surface area (TPSA) is 76.6 Å². The molecule has 2 heterocycles. The minimum atomic E-state index is -0.599. The number of likely N-dealkylation sites (tertiary alicyclic amines) is 1. The number of nitrogens with zero attached hydrogens (tertiary/aromatic N) is 2. The van der Waals surface area contributed by atoms with Gasteiger partial charge in [-0.15, -0.1) is 0 Å². The van der Waals surface area contributed by atoms with Crippen LogP contribution in [-0.2, 0) is 20.7 Å². The van der Waals surface area contributed by atoms with Crippen LogP contribution in [0.1, 0.15) is 52.9 Å². The van der Waals surface area contributed by atoms with Gasteiger partial charge in [-0.05, 0) is 66.7 Å². The summed E-state index contributed by atoms with van der Waals surface area (Å²) >= 11 is 0. The van der Waals surface area contributed by atoms with Gasteiger partial charge in [0.2, 0.25) is 5.91 Å². The molecule has 1 fully saturated rings. The van der Waals surface area contributed by atoms with Crippen LogP contribution in [0.5, 0.6) is 0 Å². The number of carbonyl (C=O) groups excluding carboxylic acids is 3. The molecular formula is C27H23FN2O4. The van der Waals surface area contributed by atoms with E-state index in [4.69, 9.17) is 9.72 Å². The van der Waals surface area contributed by atoms with Crippen molar-refractivity contribution in [2.24, 2.45) is 0 Å². The Bertz CT molecular complexity index is 1330. The monoisotopic (exact) mass is 458 g/mol. The number of esters is 1. The second-order valence-electron chi connectivity index (χ2n) is 8.52. The molecule has 1 aromatic heterocycles. The third-order valence-electron chi connectivity index (χ3n) is 6.29. The molecule has 0 unspecified atom stereocenters. The molecule has 3 aromatic rings. The van der Waals surface area contributed by atoms with Crippen molar-refractivity contribution in [3.63, 3.8) is 0 Å². The summed E-state index contributed by atoms with van der Waals surface area (Å²) in [5.41, 5.74) is 4.39. The first-order chi connectivity index (χ1) is 16.5. The fourth-order valence-electron chi connectivity index (χ4n) is 4.66. The number of para-hydroxylation sites is 1. The first-order valence-corrected chi connectivity index (χ1v) is 11.4. The van der Waals surface area contributed by atoms with E-state index in [9.17, 15) is 18.8 Å². The number of benzene rings is 2. The van der Waals surface area contributed by atoms with Crippen LogP contribution in [-0.4, -0.2) is 40.8 Å². The summed E-state index contributed by atoms with van der Waals surface area (Å²) in [4.78, 5) is 43.5. The van der Waals surface area contributed by atoms with E-state index in [1.54, 1.807) is 12.1 Å². The molecule has 172 valence electrons. The van der Waals surface area contributed by atoms with Gasteiger partial charge in [0.25, 0.3) is 5.91 Å². The number of aromatic nitrogens is 1. The number of allylic oxidation sites excluding steroid dienone is 1. The quantitative estimate of drug-likeness (QED) is 0.536. The van der Waals surface area contributed by atoms with E-state index in [-0.39, 0.29) is 11.7 Å². The summed E-state index contributed by atoms with van der Waals surface area (Å²) in [5.74, 6) is -1.63. The second-order valence-corrected chi connectivity index (χ2v) is 8.52. The highest BCUT2D eigenvalue weighted by Crippen LogP contribution is 2.36. The van der Waals surface area contributed by atoms with E-state index < -0.39 is 18.5 Å². The number of amides is 2. The highest BCUT2D eigenvalue weighted by Gasteiger charge is 2.29. The molecular weight excluding hydrogens is 435 g/mol. The third-order valence-corrected chi connectivity index (χ3v) is 6.29. The maximum atomic E-state index is 13.3. The molecule has 0 radical (unpaired) electrons. The van der Waals surface area contributed by atoms with Crippen molar-refractivity contribution in [3.8, 4) is 0 Å². The van der Waals surface area contributed by atoms with Crippen molar-refractivity contribution in [3.05, 3.63) is 76.7 Å². The Kier molecular flexibility index (Phi) is 5.92. The summed E-state index contributed by atoms with van der Waals surface area (Å²) < 4.78 is 18.8. The Morgan fingerprint density at radius 2 is 1.82 bits per heavy atom. The van der Waals surface area contributed by atoms with Gasteiger partial charge in [-0.2, -0.15) is 0 Å². The Morgan fingerprint density at radius 1 is 1.03 bits per heavy atom. The van der Waals surface area contributed by atoms with E-state index in [2.05, 4.69) is 0 Å². The Hall–Kier alpha value is -3.87. The minimum absolute atomic E-state index is 0.233. The SMILES string of the molecule is O=C(OCC(=O)N1CCCC1=O)c1c2c(nc3ccccc13)C(=Cc1ccc(F)cc1)CCC2. The van der Waals surface area contributed by atoms with Crippen LogP contribution >= 0.6 is 0 Å². The smallest absolute Gasteiger partial charge is 0.339 e. The first kappa shape index (κ1) is 21.9. The van der Waals surface area contributed by atoms with E-state index in [0.717, 1.165) is 40.1 Å².